The number of aromatic nitrogens is 3. The highest BCUT2D eigenvalue weighted by atomic mass is 79.9. The van der Waals surface area contributed by atoms with Crippen LogP contribution in [0, 0.1) is 0 Å². The molecule has 0 atom stereocenters. The highest BCUT2D eigenvalue weighted by molar-refractivity contribution is 9.10. The minimum atomic E-state index is 0.803. The number of rotatable bonds is 5. The first-order valence-electron chi connectivity index (χ1n) is 5.65. The molecule has 0 aliphatic carbocycles. The first-order chi connectivity index (χ1) is 8.29. The van der Waals surface area contributed by atoms with E-state index < -0.39 is 0 Å². The van der Waals surface area contributed by atoms with Crippen LogP contribution in [0.2, 0.25) is 0 Å². The van der Waals surface area contributed by atoms with E-state index in [4.69, 9.17) is 0 Å². The van der Waals surface area contributed by atoms with Gasteiger partial charge < -0.3 is 5.32 Å². The monoisotopic (exact) mass is 294 g/mol. The van der Waals surface area contributed by atoms with Gasteiger partial charge in [0.15, 0.2) is 0 Å². The van der Waals surface area contributed by atoms with Crippen LogP contribution in [0.15, 0.2) is 35.3 Å². The molecule has 90 valence electrons. The van der Waals surface area contributed by atoms with Crippen LogP contribution in [0.1, 0.15) is 19.0 Å². The van der Waals surface area contributed by atoms with E-state index in [-0.39, 0.29) is 0 Å². The van der Waals surface area contributed by atoms with E-state index in [0.29, 0.717) is 0 Å². The molecule has 1 N–H and O–H groups in total. The van der Waals surface area contributed by atoms with E-state index in [1.54, 1.807) is 12.5 Å². The van der Waals surface area contributed by atoms with E-state index in [1.807, 2.05) is 22.9 Å². The summed E-state index contributed by atoms with van der Waals surface area (Å²) in [6.07, 6.45) is 6.71. The Labute approximate surface area is 109 Å². The van der Waals surface area contributed by atoms with Gasteiger partial charge in [0, 0.05) is 23.4 Å². The largest absolute Gasteiger partial charge is 0.311 e. The fourth-order valence-corrected chi connectivity index (χ4v) is 1.73. The number of nitrogens with zero attached hydrogens (tertiary/aromatic N) is 3. The lowest BCUT2D eigenvalue weighted by atomic mass is 10.4. The van der Waals surface area contributed by atoms with E-state index in [0.717, 1.165) is 35.5 Å². The van der Waals surface area contributed by atoms with Gasteiger partial charge in [0.05, 0.1) is 5.69 Å². The van der Waals surface area contributed by atoms with E-state index in [1.165, 1.54) is 0 Å². The van der Waals surface area contributed by atoms with Crippen LogP contribution in [-0.2, 0) is 6.54 Å². The molecule has 0 aromatic carbocycles. The van der Waals surface area contributed by atoms with Crippen molar-refractivity contribution >= 4 is 15.9 Å². The second-order valence-electron chi connectivity index (χ2n) is 3.78. The lowest BCUT2D eigenvalue weighted by Gasteiger charge is -2.00. The Kier molecular flexibility index (Phi) is 4.28. The van der Waals surface area contributed by atoms with Crippen molar-refractivity contribution in [1.82, 2.24) is 19.9 Å². The molecule has 0 aliphatic rings. The van der Waals surface area contributed by atoms with Crippen molar-refractivity contribution in [2.75, 3.05) is 6.54 Å². The number of nitrogens with one attached hydrogen (secondary N) is 1. The highest BCUT2D eigenvalue weighted by Gasteiger charge is 2.01. The maximum absolute atomic E-state index is 4.34. The van der Waals surface area contributed by atoms with Gasteiger partial charge in [-0.1, -0.05) is 6.92 Å². The van der Waals surface area contributed by atoms with Crippen molar-refractivity contribution in [3.05, 3.63) is 41.0 Å². The van der Waals surface area contributed by atoms with Crippen molar-refractivity contribution in [2.45, 2.75) is 19.9 Å². The Hall–Kier alpha value is -1.20. The first-order valence-corrected chi connectivity index (χ1v) is 6.44. The van der Waals surface area contributed by atoms with Crippen LogP contribution < -0.4 is 5.32 Å². The fraction of sp³-hybridized carbons (Fsp3) is 0.333. The summed E-state index contributed by atoms with van der Waals surface area (Å²) in [6, 6.07) is 3.92. The molecule has 0 unspecified atom stereocenters. The summed E-state index contributed by atoms with van der Waals surface area (Å²) in [5.41, 5.74) is 1.03. The molecule has 0 fully saturated rings. The van der Waals surface area contributed by atoms with Crippen LogP contribution >= 0.6 is 15.9 Å². The predicted molar refractivity (Wildman–Crippen MR) is 71.1 cm³/mol. The summed E-state index contributed by atoms with van der Waals surface area (Å²) in [5, 5.41) is 3.32. The minimum absolute atomic E-state index is 0.803. The molecule has 0 amide bonds. The molecule has 2 rings (SSSR count). The average molecular weight is 295 g/mol. The first kappa shape index (κ1) is 12.3. The van der Waals surface area contributed by atoms with Gasteiger partial charge >= 0.3 is 0 Å². The smallest absolute Gasteiger partial charge is 0.137 e. The van der Waals surface area contributed by atoms with Gasteiger partial charge in [0.1, 0.15) is 12.1 Å². The molecular weight excluding hydrogens is 280 g/mol. The van der Waals surface area contributed by atoms with Gasteiger partial charge in [0.2, 0.25) is 0 Å². The lowest BCUT2D eigenvalue weighted by molar-refractivity contribution is 0.666. The Morgan fingerprint density at radius 3 is 2.94 bits per heavy atom. The molecule has 0 saturated carbocycles. The molecular formula is C12H15BrN4. The third kappa shape index (κ3) is 3.38. The Bertz CT molecular complexity index is 464. The average Bonchev–Trinajstić information content (AvgIpc) is 2.79. The summed E-state index contributed by atoms with van der Waals surface area (Å²) in [5.74, 6) is 0.877. The summed E-state index contributed by atoms with van der Waals surface area (Å²) < 4.78 is 2.90. The number of hydrogen-bond donors (Lipinski definition) is 1. The van der Waals surface area contributed by atoms with Crippen molar-refractivity contribution in [2.24, 2.45) is 0 Å². The predicted octanol–water partition coefficient (Wildman–Crippen LogP) is 2.53. The Morgan fingerprint density at radius 2 is 2.24 bits per heavy atom. The molecule has 0 spiro atoms. The third-order valence-corrected chi connectivity index (χ3v) is 2.81. The standard InChI is InChI=1S/C12H15BrN4/c1-2-5-14-7-11-8-17(9-16-11)12-4-3-10(13)6-15-12/h3-4,6,8-9,14H,2,5,7H2,1H3. The van der Waals surface area contributed by atoms with Crippen LogP contribution in [0.25, 0.3) is 5.82 Å². The lowest BCUT2D eigenvalue weighted by Crippen LogP contribution is -2.13. The molecule has 2 aromatic rings. The van der Waals surface area contributed by atoms with Gasteiger partial charge in [-0.2, -0.15) is 0 Å². The van der Waals surface area contributed by atoms with Crippen molar-refractivity contribution in [3.8, 4) is 5.82 Å². The van der Waals surface area contributed by atoms with Crippen LogP contribution in [0.5, 0.6) is 0 Å². The van der Waals surface area contributed by atoms with Crippen LogP contribution in [0.3, 0.4) is 0 Å². The number of halogens is 1. The van der Waals surface area contributed by atoms with Crippen molar-refractivity contribution < 1.29 is 0 Å². The van der Waals surface area contributed by atoms with Gasteiger partial charge in [-0.25, -0.2) is 9.97 Å². The maximum Gasteiger partial charge on any atom is 0.137 e. The van der Waals surface area contributed by atoms with Crippen LogP contribution in [0.4, 0.5) is 0 Å². The molecule has 0 bridgehead atoms. The zero-order chi connectivity index (χ0) is 12.1. The Balaban J connectivity index is 2.04. The number of imidazole rings is 1. The third-order valence-electron chi connectivity index (χ3n) is 2.35. The molecule has 5 heteroatoms. The molecule has 0 aliphatic heterocycles. The summed E-state index contributed by atoms with van der Waals surface area (Å²) >= 11 is 3.37. The summed E-state index contributed by atoms with van der Waals surface area (Å²) in [7, 11) is 0. The fourth-order valence-electron chi connectivity index (χ4n) is 1.49. The maximum atomic E-state index is 4.34. The van der Waals surface area contributed by atoms with Crippen molar-refractivity contribution in [3.63, 3.8) is 0 Å². The number of pyridine rings is 1. The molecule has 17 heavy (non-hydrogen) atoms. The zero-order valence-electron chi connectivity index (χ0n) is 9.73. The summed E-state index contributed by atoms with van der Waals surface area (Å²) in [4.78, 5) is 8.65. The van der Waals surface area contributed by atoms with E-state index >= 15 is 0 Å². The van der Waals surface area contributed by atoms with E-state index in [2.05, 4.69) is 38.1 Å². The normalized spacial score (nSPS) is 10.7. The van der Waals surface area contributed by atoms with Gasteiger partial charge in [-0.05, 0) is 41.0 Å². The molecule has 0 saturated heterocycles. The SMILES string of the molecule is CCCNCc1cn(-c2ccc(Br)cn2)cn1. The highest BCUT2D eigenvalue weighted by Crippen LogP contribution is 2.11. The number of hydrogen-bond acceptors (Lipinski definition) is 3. The minimum Gasteiger partial charge on any atom is -0.311 e. The molecule has 0 radical (unpaired) electrons. The van der Waals surface area contributed by atoms with Crippen molar-refractivity contribution in [1.29, 1.82) is 0 Å². The second-order valence-corrected chi connectivity index (χ2v) is 4.70. The Morgan fingerprint density at radius 1 is 1.35 bits per heavy atom. The molecule has 2 heterocycles. The van der Waals surface area contributed by atoms with E-state index in [9.17, 15) is 0 Å². The second kappa shape index (κ2) is 5.93. The van der Waals surface area contributed by atoms with Gasteiger partial charge in [0.25, 0.3) is 0 Å². The molecule has 4 nitrogen and oxygen atoms in total. The topological polar surface area (TPSA) is 42.7 Å². The summed E-state index contributed by atoms with van der Waals surface area (Å²) in [6.45, 7) is 3.97. The zero-order valence-corrected chi connectivity index (χ0v) is 11.3. The van der Waals surface area contributed by atoms with Gasteiger partial charge in [-0.3, -0.25) is 4.57 Å². The molecule has 2 aromatic heterocycles. The van der Waals surface area contributed by atoms with Crippen LogP contribution in [-0.4, -0.2) is 21.1 Å². The van der Waals surface area contributed by atoms with Gasteiger partial charge in [-0.15, -0.1) is 0 Å². The quantitative estimate of drug-likeness (QED) is 0.862.